The number of halogens is 1. The molecule has 0 heterocycles. The van der Waals surface area contributed by atoms with Crippen molar-refractivity contribution in [2.75, 3.05) is 12.4 Å². The number of aryl methyl sites for hydroxylation is 1. The van der Waals surface area contributed by atoms with E-state index in [1.165, 1.54) is 0 Å². The van der Waals surface area contributed by atoms with Crippen LogP contribution >= 0.6 is 11.6 Å². The lowest BCUT2D eigenvalue weighted by Gasteiger charge is -2.14. The van der Waals surface area contributed by atoms with Gasteiger partial charge in [0.1, 0.15) is 18.1 Å². The largest absolute Gasteiger partial charge is 0.496 e. The van der Waals surface area contributed by atoms with Crippen LogP contribution < -0.4 is 14.8 Å². The second-order valence-electron chi connectivity index (χ2n) is 7.21. The summed E-state index contributed by atoms with van der Waals surface area (Å²) in [5, 5.41) is 5.64. The normalized spacial score (nSPS) is 10.7. The van der Waals surface area contributed by atoms with Crippen LogP contribution in [0.5, 0.6) is 11.5 Å². The number of hydrogen-bond donors (Lipinski definition) is 1. The summed E-state index contributed by atoms with van der Waals surface area (Å²) in [6, 6.07) is 24.7. The monoisotopic (exact) mass is 431 g/mol. The maximum atomic E-state index is 12.8. The summed E-state index contributed by atoms with van der Waals surface area (Å²) in [5.74, 6) is 1.22. The van der Waals surface area contributed by atoms with Gasteiger partial charge in [0, 0.05) is 27.2 Å². The molecule has 4 rings (SSSR count). The molecule has 0 saturated heterocycles. The van der Waals surface area contributed by atoms with Crippen LogP contribution in [0.2, 0.25) is 5.02 Å². The van der Waals surface area contributed by atoms with E-state index in [0.717, 1.165) is 27.6 Å². The maximum Gasteiger partial charge on any atom is 0.255 e. The van der Waals surface area contributed by atoms with Gasteiger partial charge in [0.25, 0.3) is 5.91 Å². The van der Waals surface area contributed by atoms with Gasteiger partial charge in [0.2, 0.25) is 0 Å². The molecule has 0 saturated carbocycles. The zero-order chi connectivity index (χ0) is 21.8. The van der Waals surface area contributed by atoms with Gasteiger partial charge in [-0.25, -0.2) is 0 Å². The minimum Gasteiger partial charge on any atom is -0.496 e. The molecule has 0 bridgehead atoms. The number of anilines is 1. The highest BCUT2D eigenvalue weighted by molar-refractivity contribution is 6.31. The van der Waals surface area contributed by atoms with E-state index in [0.29, 0.717) is 22.0 Å². The highest BCUT2D eigenvalue weighted by Gasteiger charge is 2.12. The molecule has 0 spiro atoms. The van der Waals surface area contributed by atoms with E-state index in [1.54, 1.807) is 31.4 Å². The van der Waals surface area contributed by atoms with E-state index in [4.69, 9.17) is 21.1 Å². The summed E-state index contributed by atoms with van der Waals surface area (Å²) >= 11 is 6.16. The van der Waals surface area contributed by atoms with E-state index in [-0.39, 0.29) is 12.5 Å². The lowest BCUT2D eigenvalue weighted by molar-refractivity contribution is 0.102. The fourth-order valence-corrected chi connectivity index (χ4v) is 3.56. The summed E-state index contributed by atoms with van der Waals surface area (Å²) in [7, 11) is 1.60. The smallest absolute Gasteiger partial charge is 0.255 e. The Labute approximate surface area is 186 Å². The molecule has 0 unspecified atom stereocenters. The molecule has 0 aliphatic heterocycles. The van der Waals surface area contributed by atoms with E-state index < -0.39 is 0 Å². The Bertz CT molecular complexity index is 1250. The lowest BCUT2D eigenvalue weighted by atomic mass is 10.1. The van der Waals surface area contributed by atoms with Crippen LogP contribution in [0.15, 0.2) is 78.9 Å². The van der Waals surface area contributed by atoms with Gasteiger partial charge in [0.15, 0.2) is 0 Å². The summed E-state index contributed by atoms with van der Waals surface area (Å²) < 4.78 is 11.6. The minimum absolute atomic E-state index is 0.228. The molecule has 156 valence electrons. The number of hydrogen-bond acceptors (Lipinski definition) is 3. The predicted molar refractivity (Wildman–Crippen MR) is 125 cm³/mol. The lowest BCUT2D eigenvalue weighted by Crippen LogP contribution is -2.13. The summed E-state index contributed by atoms with van der Waals surface area (Å²) in [6.07, 6.45) is 0. The van der Waals surface area contributed by atoms with Crippen LogP contribution in [-0.2, 0) is 6.61 Å². The van der Waals surface area contributed by atoms with Gasteiger partial charge in [-0.1, -0.05) is 54.1 Å². The molecule has 0 aliphatic rings. The van der Waals surface area contributed by atoms with E-state index in [1.807, 2.05) is 61.5 Å². The van der Waals surface area contributed by atoms with Crippen LogP contribution in [0.3, 0.4) is 0 Å². The van der Waals surface area contributed by atoms with E-state index in [2.05, 4.69) is 5.32 Å². The van der Waals surface area contributed by atoms with Crippen molar-refractivity contribution in [3.63, 3.8) is 0 Å². The fourth-order valence-electron chi connectivity index (χ4n) is 3.38. The van der Waals surface area contributed by atoms with Crippen LogP contribution in [0.25, 0.3) is 10.8 Å². The van der Waals surface area contributed by atoms with Crippen molar-refractivity contribution in [1.82, 2.24) is 0 Å². The zero-order valence-corrected chi connectivity index (χ0v) is 18.1. The Kier molecular flexibility index (Phi) is 6.10. The molecular weight excluding hydrogens is 410 g/mol. The maximum absolute atomic E-state index is 12.8. The number of carbonyl (C=O) groups excluding carboxylic acids is 1. The number of fused-ring (bicyclic) bond motifs is 1. The summed E-state index contributed by atoms with van der Waals surface area (Å²) in [6.45, 7) is 2.19. The second-order valence-corrected chi connectivity index (χ2v) is 7.62. The van der Waals surface area contributed by atoms with Crippen molar-refractivity contribution >= 4 is 34.0 Å². The third-order valence-corrected chi connectivity index (χ3v) is 5.51. The summed E-state index contributed by atoms with van der Waals surface area (Å²) in [4.78, 5) is 12.8. The second kappa shape index (κ2) is 9.11. The van der Waals surface area contributed by atoms with Gasteiger partial charge in [0.05, 0.1) is 7.11 Å². The van der Waals surface area contributed by atoms with Gasteiger partial charge in [-0.2, -0.15) is 0 Å². The van der Waals surface area contributed by atoms with Crippen LogP contribution in [0.1, 0.15) is 21.5 Å². The van der Waals surface area contributed by atoms with Crippen LogP contribution in [0, 0.1) is 6.92 Å². The number of benzene rings is 4. The highest BCUT2D eigenvalue weighted by atomic mass is 35.5. The number of nitrogens with one attached hydrogen (secondary N) is 1. The molecule has 4 nitrogen and oxygen atoms in total. The molecule has 4 aromatic rings. The highest BCUT2D eigenvalue weighted by Crippen LogP contribution is 2.28. The molecule has 5 heteroatoms. The average molecular weight is 432 g/mol. The van der Waals surface area contributed by atoms with Gasteiger partial charge in [-0.05, 0) is 54.3 Å². The molecule has 0 radical (unpaired) electrons. The molecule has 0 fully saturated rings. The van der Waals surface area contributed by atoms with Gasteiger partial charge in [-0.15, -0.1) is 0 Å². The van der Waals surface area contributed by atoms with Crippen molar-refractivity contribution in [3.8, 4) is 11.5 Å². The number of amides is 1. The topological polar surface area (TPSA) is 47.6 Å². The first-order valence-electron chi connectivity index (χ1n) is 9.90. The molecule has 0 aliphatic carbocycles. The zero-order valence-electron chi connectivity index (χ0n) is 17.3. The average Bonchev–Trinajstić information content (AvgIpc) is 2.79. The molecule has 0 atom stereocenters. The molecule has 1 amide bonds. The standard InChI is InChI=1S/C26H22ClNO3/c1-17-10-12-21(15-23(17)27)28-26(29)19-11-13-24(30-2)20(14-19)16-31-25-9-5-7-18-6-3-4-8-22(18)25/h3-15H,16H2,1-2H3,(H,28,29). The number of ether oxygens (including phenoxy) is 2. The fraction of sp³-hybridized carbons (Fsp3) is 0.115. The quantitative estimate of drug-likeness (QED) is 0.372. The Morgan fingerprint density at radius 1 is 0.935 bits per heavy atom. The Balaban J connectivity index is 1.55. The summed E-state index contributed by atoms with van der Waals surface area (Å²) in [5.41, 5.74) is 2.89. The minimum atomic E-state index is -0.228. The van der Waals surface area contributed by atoms with Crippen molar-refractivity contribution < 1.29 is 14.3 Å². The third kappa shape index (κ3) is 4.65. The van der Waals surface area contributed by atoms with Crippen molar-refractivity contribution in [1.29, 1.82) is 0 Å². The van der Waals surface area contributed by atoms with Gasteiger partial charge in [-0.3, -0.25) is 4.79 Å². The Morgan fingerprint density at radius 3 is 2.55 bits per heavy atom. The number of methoxy groups -OCH3 is 1. The van der Waals surface area contributed by atoms with Crippen LogP contribution in [-0.4, -0.2) is 13.0 Å². The SMILES string of the molecule is COc1ccc(C(=O)Nc2ccc(C)c(Cl)c2)cc1COc1cccc2ccccc12. The van der Waals surface area contributed by atoms with Crippen molar-refractivity contribution in [3.05, 3.63) is 101 Å². The van der Waals surface area contributed by atoms with Gasteiger partial charge >= 0.3 is 0 Å². The third-order valence-electron chi connectivity index (χ3n) is 5.11. The van der Waals surface area contributed by atoms with Crippen LogP contribution in [0.4, 0.5) is 5.69 Å². The van der Waals surface area contributed by atoms with Crippen molar-refractivity contribution in [2.45, 2.75) is 13.5 Å². The number of rotatable bonds is 6. The molecule has 4 aromatic carbocycles. The van der Waals surface area contributed by atoms with E-state index >= 15 is 0 Å². The Morgan fingerprint density at radius 2 is 1.74 bits per heavy atom. The Hall–Kier alpha value is -3.50. The predicted octanol–water partition coefficient (Wildman–Crippen LogP) is 6.64. The molecule has 1 N–H and O–H groups in total. The van der Waals surface area contributed by atoms with E-state index in [9.17, 15) is 4.79 Å². The van der Waals surface area contributed by atoms with Crippen molar-refractivity contribution in [2.24, 2.45) is 0 Å². The first-order chi connectivity index (χ1) is 15.0. The molecule has 31 heavy (non-hydrogen) atoms. The molecular formula is C26H22ClNO3. The number of carbonyl (C=O) groups is 1. The molecule has 0 aromatic heterocycles. The van der Waals surface area contributed by atoms with Gasteiger partial charge < -0.3 is 14.8 Å². The first kappa shape index (κ1) is 20.8. The first-order valence-corrected chi connectivity index (χ1v) is 10.3.